The minimum Gasteiger partial charge on any atom is -0.713 e. The monoisotopic (exact) mass is 385 g/mol. The minimum atomic E-state index is -10.2. The van der Waals surface area contributed by atoms with Crippen molar-refractivity contribution >= 4 is 10.5 Å². The lowest BCUT2D eigenvalue weighted by Crippen LogP contribution is -2.50. The highest BCUT2D eigenvalue weighted by molar-refractivity contribution is 8.41. The third kappa shape index (κ3) is 24.2. The fourth-order valence-corrected chi connectivity index (χ4v) is 2.64. The van der Waals surface area contributed by atoms with Gasteiger partial charge < -0.3 is 9.04 Å². The summed E-state index contributed by atoms with van der Waals surface area (Å²) >= 11 is 0. The Labute approximate surface area is 144 Å². The molecule has 0 saturated carbocycles. The summed E-state index contributed by atoms with van der Waals surface area (Å²) in [5.41, 5.74) is 0. The van der Waals surface area contributed by atoms with Crippen LogP contribution >= 0.6 is 10.5 Å². The van der Waals surface area contributed by atoms with E-state index in [0.717, 1.165) is 0 Å². The molecule has 0 aliphatic carbocycles. The lowest BCUT2D eigenvalue weighted by atomic mass is 10.1. The third-order valence-electron chi connectivity index (χ3n) is 3.94. The summed E-state index contributed by atoms with van der Waals surface area (Å²) in [5, 5.41) is 0. The van der Waals surface area contributed by atoms with E-state index < -0.39 is 10.5 Å². The molecule has 0 aliphatic rings. The van der Waals surface area contributed by atoms with Crippen LogP contribution in [0.3, 0.4) is 0 Å². The van der Waals surface area contributed by atoms with Crippen molar-refractivity contribution in [3.63, 3.8) is 0 Å². The molecular weight excluding hydrogens is 349 g/mol. The van der Waals surface area contributed by atoms with Gasteiger partial charge in [-0.05, 0) is 25.7 Å². The summed E-state index contributed by atoms with van der Waals surface area (Å²) in [6.45, 7) is 15.0. The SMILES string of the molecule is CCCC[N+](CCCC)(CCCC)CCCC.[O-]S(F)(F)(F)(F)F. The molecule has 0 aliphatic heterocycles. The Balaban J connectivity index is 0. The number of halogens is 5. The van der Waals surface area contributed by atoms with Crippen LogP contribution in [0.25, 0.3) is 0 Å². The van der Waals surface area contributed by atoms with Crippen LogP contribution in [0.15, 0.2) is 0 Å². The zero-order valence-electron chi connectivity index (χ0n) is 15.6. The summed E-state index contributed by atoms with van der Waals surface area (Å²) < 4.78 is 59.3. The van der Waals surface area contributed by atoms with Crippen LogP contribution in [-0.2, 0) is 0 Å². The summed E-state index contributed by atoms with van der Waals surface area (Å²) in [7, 11) is -10.2. The molecule has 0 rings (SSSR count). The largest absolute Gasteiger partial charge is 0.713 e. The Morgan fingerprint density at radius 1 is 0.583 bits per heavy atom. The first kappa shape index (κ1) is 26.2. The first-order valence-electron chi connectivity index (χ1n) is 9.03. The van der Waals surface area contributed by atoms with Crippen molar-refractivity contribution in [2.24, 2.45) is 0 Å². The molecule has 0 aromatic heterocycles. The number of rotatable bonds is 12. The molecule has 2 nitrogen and oxygen atoms in total. The molecule has 0 atom stereocenters. The quantitative estimate of drug-likeness (QED) is 0.253. The third-order valence-corrected chi connectivity index (χ3v) is 3.94. The van der Waals surface area contributed by atoms with Crippen molar-refractivity contribution in [1.82, 2.24) is 0 Å². The lowest BCUT2D eigenvalue weighted by molar-refractivity contribution is -0.929. The fourth-order valence-electron chi connectivity index (χ4n) is 2.64. The van der Waals surface area contributed by atoms with E-state index in [9.17, 15) is 19.4 Å². The van der Waals surface area contributed by atoms with Crippen LogP contribution in [0, 0.1) is 0 Å². The summed E-state index contributed by atoms with van der Waals surface area (Å²) in [6, 6.07) is 0. The molecule has 0 aromatic carbocycles. The maximum absolute atomic E-state index is 10.2. The number of hydrogen-bond donors (Lipinski definition) is 0. The molecule has 0 fully saturated rings. The normalized spacial score (nSPS) is 15.2. The van der Waals surface area contributed by atoms with Gasteiger partial charge in [0, 0.05) is 0 Å². The first-order chi connectivity index (χ1) is 10.7. The van der Waals surface area contributed by atoms with Gasteiger partial charge in [0.25, 0.3) is 10.5 Å². The van der Waals surface area contributed by atoms with Crippen LogP contribution in [0.4, 0.5) is 19.4 Å². The second-order valence-corrected chi connectivity index (χ2v) is 8.34. The predicted molar refractivity (Wildman–Crippen MR) is 93.3 cm³/mol. The second-order valence-electron chi connectivity index (χ2n) is 6.55. The summed E-state index contributed by atoms with van der Waals surface area (Å²) in [6.07, 6.45) is 11.1. The maximum atomic E-state index is 9.96. The van der Waals surface area contributed by atoms with E-state index in [0.29, 0.717) is 0 Å². The number of quaternary nitrogens is 1. The lowest BCUT2D eigenvalue weighted by Gasteiger charge is -2.45. The Kier molecular flexibility index (Phi) is 11.1. The van der Waals surface area contributed by atoms with Gasteiger partial charge in [-0.25, -0.2) is 0 Å². The number of nitrogens with zero attached hydrogens (tertiary/aromatic N) is 1. The zero-order valence-corrected chi connectivity index (χ0v) is 16.5. The Morgan fingerprint density at radius 2 is 0.750 bits per heavy atom. The van der Waals surface area contributed by atoms with Crippen LogP contribution in [-0.4, -0.2) is 35.2 Å². The molecule has 0 radical (unpaired) electrons. The Bertz CT molecular complexity index is 269. The molecule has 0 aromatic rings. The van der Waals surface area contributed by atoms with Gasteiger partial charge in [-0.15, -0.1) is 19.4 Å². The predicted octanol–water partition coefficient (Wildman–Crippen LogP) is 7.42. The number of unbranched alkanes of at least 4 members (excludes halogenated alkanes) is 4. The maximum Gasteiger partial charge on any atom is 0.251 e. The van der Waals surface area contributed by atoms with E-state index in [2.05, 4.69) is 27.7 Å². The van der Waals surface area contributed by atoms with Crippen LogP contribution < -0.4 is 0 Å². The first-order valence-corrected chi connectivity index (χ1v) is 10.9. The second kappa shape index (κ2) is 10.2. The average molecular weight is 386 g/mol. The Morgan fingerprint density at radius 3 is 0.875 bits per heavy atom. The van der Waals surface area contributed by atoms with Gasteiger partial charge in [0.2, 0.25) is 0 Å². The minimum absolute atomic E-state index is 1.35. The van der Waals surface area contributed by atoms with Crippen LogP contribution in [0.5, 0.6) is 0 Å². The number of hydrogen-bond acceptors (Lipinski definition) is 1. The van der Waals surface area contributed by atoms with Gasteiger partial charge in [-0.1, -0.05) is 53.4 Å². The van der Waals surface area contributed by atoms with Crippen molar-refractivity contribution in [3.8, 4) is 0 Å². The molecule has 8 heteroatoms. The molecule has 0 unspecified atom stereocenters. The Hall–Kier alpha value is -0.0800. The van der Waals surface area contributed by atoms with Crippen molar-refractivity contribution in [2.75, 3.05) is 26.2 Å². The molecule has 0 heterocycles. The summed E-state index contributed by atoms with van der Waals surface area (Å²) in [5.74, 6) is 0. The molecule has 0 N–H and O–H groups in total. The van der Waals surface area contributed by atoms with E-state index in [-0.39, 0.29) is 0 Å². The fraction of sp³-hybridized carbons (Fsp3) is 1.00. The van der Waals surface area contributed by atoms with Crippen LogP contribution in [0.2, 0.25) is 0 Å². The molecular formula is C16H36F5NOS. The molecule has 0 spiro atoms. The van der Waals surface area contributed by atoms with Crippen molar-refractivity contribution in [1.29, 1.82) is 0 Å². The van der Waals surface area contributed by atoms with Crippen molar-refractivity contribution < 1.29 is 28.5 Å². The zero-order chi connectivity index (χ0) is 19.4. The molecule has 0 bridgehead atoms. The van der Waals surface area contributed by atoms with E-state index >= 15 is 0 Å². The van der Waals surface area contributed by atoms with Gasteiger partial charge in [0.1, 0.15) is 0 Å². The van der Waals surface area contributed by atoms with Gasteiger partial charge >= 0.3 is 0 Å². The standard InChI is InChI=1S/C16H36N.F5HOS/c1-5-9-13-17(14-10-6-2,15-11-7-3)16-12-8-4;1-7(2,3,4,5)6/h5-16H2,1-4H3;6H/q+1;/p-1. The summed E-state index contributed by atoms with van der Waals surface area (Å²) in [4.78, 5) is 0. The molecule has 0 saturated heterocycles. The van der Waals surface area contributed by atoms with Crippen LogP contribution in [0.1, 0.15) is 79.1 Å². The van der Waals surface area contributed by atoms with Crippen molar-refractivity contribution in [3.05, 3.63) is 0 Å². The van der Waals surface area contributed by atoms with E-state index in [1.807, 2.05) is 0 Å². The molecule has 0 amide bonds. The van der Waals surface area contributed by atoms with E-state index in [1.165, 1.54) is 82.0 Å². The highest BCUT2D eigenvalue weighted by Gasteiger charge is 2.49. The highest BCUT2D eigenvalue weighted by atomic mass is 32.5. The van der Waals surface area contributed by atoms with Gasteiger partial charge in [0.15, 0.2) is 0 Å². The molecule has 152 valence electrons. The smallest absolute Gasteiger partial charge is 0.251 e. The molecule has 24 heavy (non-hydrogen) atoms. The average Bonchev–Trinajstić information content (AvgIpc) is 2.42. The van der Waals surface area contributed by atoms with Gasteiger partial charge in [0.05, 0.1) is 26.2 Å². The highest BCUT2D eigenvalue weighted by Crippen LogP contribution is 2.94. The van der Waals surface area contributed by atoms with E-state index in [1.54, 1.807) is 0 Å². The topological polar surface area (TPSA) is 23.1 Å². The van der Waals surface area contributed by atoms with Crippen molar-refractivity contribution in [2.45, 2.75) is 79.1 Å². The van der Waals surface area contributed by atoms with E-state index in [4.69, 9.17) is 4.55 Å². The van der Waals surface area contributed by atoms with Gasteiger partial charge in [-0.3, -0.25) is 0 Å². The van der Waals surface area contributed by atoms with Gasteiger partial charge in [-0.2, -0.15) is 0 Å².